The summed E-state index contributed by atoms with van der Waals surface area (Å²) in [5.74, 6) is -0.304. The van der Waals surface area contributed by atoms with Crippen LogP contribution in [0.15, 0.2) is 52.9 Å². The van der Waals surface area contributed by atoms with Crippen LogP contribution in [-0.2, 0) is 0 Å². The third-order valence-electron chi connectivity index (χ3n) is 3.22. The lowest BCUT2D eigenvalue weighted by Gasteiger charge is -2.03. The van der Waals surface area contributed by atoms with Crippen LogP contribution in [0.4, 0.5) is 0 Å². The fraction of sp³-hybridized carbons (Fsp3) is 0.0625. The molecule has 0 aliphatic rings. The number of hydrogen-bond donors (Lipinski definition) is 3. The van der Waals surface area contributed by atoms with E-state index in [0.717, 1.165) is 10.6 Å². The highest BCUT2D eigenvalue weighted by Gasteiger charge is 2.12. The number of carbonyl (C=O) groups excluding carboxylic acids is 1. The molecule has 7 heteroatoms. The molecule has 2 heterocycles. The molecule has 6 nitrogen and oxygen atoms in total. The first-order valence-corrected chi connectivity index (χ1v) is 7.75. The van der Waals surface area contributed by atoms with Crippen molar-refractivity contribution in [2.24, 2.45) is 5.10 Å². The van der Waals surface area contributed by atoms with Crippen molar-refractivity contribution < 1.29 is 9.90 Å². The van der Waals surface area contributed by atoms with Crippen LogP contribution in [0.2, 0.25) is 0 Å². The number of aromatic amines is 1. The van der Waals surface area contributed by atoms with Crippen molar-refractivity contribution in [2.75, 3.05) is 0 Å². The van der Waals surface area contributed by atoms with Gasteiger partial charge in [0.15, 0.2) is 5.69 Å². The van der Waals surface area contributed by atoms with Crippen molar-refractivity contribution in [2.45, 2.75) is 6.92 Å². The molecule has 0 fully saturated rings. The highest BCUT2D eigenvalue weighted by molar-refractivity contribution is 7.13. The summed E-state index contributed by atoms with van der Waals surface area (Å²) in [6.45, 7) is 1.71. The zero-order valence-electron chi connectivity index (χ0n) is 12.3. The Labute approximate surface area is 136 Å². The Hall–Kier alpha value is -2.93. The van der Waals surface area contributed by atoms with Crippen molar-refractivity contribution in [1.82, 2.24) is 15.6 Å². The summed E-state index contributed by atoms with van der Waals surface area (Å²) in [6.07, 6.45) is 0. The van der Waals surface area contributed by atoms with Gasteiger partial charge in [-0.05, 0) is 36.6 Å². The van der Waals surface area contributed by atoms with Gasteiger partial charge in [-0.1, -0.05) is 18.2 Å². The van der Waals surface area contributed by atoms with Crippen LogP contribution in [-0.4, -0.2) is 26.9 Å². The molecule has 0 atom stereocenters. The summed E-state index contributed by atoms with van der Waals surface area (Å²) < 4.78 is 0. The number of phenols is 1. The monoisotopic (exact) mass is 326 g/mol. The Balaban J connectivity index is 1.72. The smallest absolute Gasteiger partial charge is 0.291 e. The topological polar surface area (TPSA) is 90.4 Å². The molecule has 116 valence electrons. The first-order valence-electron chi connectivity index (χ1n) is 6.87. The second-order valence-corrected chi connectivity index (χ2v) is 5.75. The molecular formula is C16H14N4O2S. The van der Waals surface area contributed by atoms with E-state index in [2.05, 4.69) is 20.7 Å². The molecule has 0 aliphatic heterocycles. The van der Waals surface area contributed by atoms with Gasteiger partial charge in [0.2, 0.25) is 0 Å². The van der Waals surface area contributed by atoms with Gasteiger partial charge in [0, 0.05) is 5.56 Å². The number of benzene rings is 1. The third kappa shape index (κ3) is 3.29. The summed E-state index contributed by atoms with van der Waals surface area (Å²) in [7, 11) is 0. The number of hydrazone groups is 1. The van der Waals surface area contributed by atoms with Gasteiger partial charge in [-0.15, -0.1) is 11.3 Å². The fourth-order valence-corrected chi connectivity index (χ4v) is 2.72. The number of H-pyrrole nitrogens is 1. The molecule has 3 N–H and O–H groups in total. The third-order valence-corrected chi connectivity index (χ3v) is 4.12. The van der Waals surface area contributed by atoms with Crippen LogP contribution in [0.3, 0.4) is 0 Å². The molecule has 3 aromatic rings. The summed E-state index contributed by atoms with van der Waals surface area (Å²) in [6, 6.07) is 12.4. The van der Waals surface area contributed by atoms with Gasteiger partial charge in [0.25, 0.3) is 5.91 Å². The summed E-state index contributed by atoms with van der Waals surface area (Å²) >= 11 is 1.56. The number of para-hydroxylation sites is 1. The van der Waals surface area contributed by atoms with Crippen molar-refractivity contribution in [3.63, 3.8) is 0 Å². The molecule has 0 spiro atoms. The van der Waals surface area contributed by atoms with E-state index < -0.39 is 5.91 Å². The van der Waals surface area contributed by atoms with E-state index >= 15 is 0 Å². The highest BCUT2D eigenvalue weighted by Crippen LogP contribution is 2.22. The lowest BCUT2D eigenvalue weighted by atomic mass is 10.1. The number of rotatable bonds is 4. The largest absolute Gasteiger partial charge is 0.507 e. The Kier molecular flexibility index (Phi) is 4.20. The lowest BCUT2D eigenvalue weighted by molar-refractivity contribution is 0.0950. The van der Waals surface area contributed by atoms with E-state index in [0.29, 0.717) is 11.3 Å². The lowest BCUT2D eigenvalue weighted by Crippen LogP contribution is -2.19. The summed E-state index contributed by atoms with van der Waals surface area (Å²) in [4.78, 5) is 13.1. The van der Waals surface area contributed by atoms with Crippen molar-refractivity contribution in [3.8, 4) is 16.3 Å². The average molecular weight is 326 g/mol. The number of nitrogens with one attached hydrogen (secondary N) is 2. The molecule has 0 aliphatic carbocycles. The van der Waals surface area contributed by atoms with Crippen LogP contribution in [0.1, 0.15) is 23.0 Å². The molecule has 1 aromatic carbocycles. The minimum Gasteiger partial charge on any atom is -0.507 e. The van der Waals surface area contributed by atoms with E-state index in [4.69, 9.17) is 0 Å². The molecule has 0 radical (unpaired) electrons. The minimum absolute atomic E-state index is 0.114. The quantitative estimate of drug-likeness (QED) is 0.508. The van der Waals surface area contributed by atoms with E-state index in [9.17, 15) is 9.90 Å². The first-order chi connectivity index (χ1) is 11.1. The van der Waals surface area contributed by atoms with Crippen LogP contribution in [0, 0.1) is 0 Å². The van der Waals surface area contributed by atoms with Gasteiger partial charge in [0.1, 0.15) is 5.75 Å². The molecular weight excluding hydrogens is 312 g/mol. The Morgan fingerprint density at radius 2 is 2.13 bits per heavy atom. The van der Waals surface area contributed by atoms with Gasteiger partial charge in [-0.2, -0.15) is 10.2 Å². The van der Waals surface area contributed by atoms with Gasteiger partial charge in [-0.3, -0.25) is 9.89 Å². The molecule has 1 amide bonds. The van der Waals surface area contributed by atoms with Crippen molar-refractivity contribution in [1.29, 1.82) is 0 Å². The highest BCUT2D eigenvalue weighted by atomic mass is 32.1. The molecule has 0 unspecified atom stereocenters. The number of carbonyl (C=O) groups is 1. The summed E-state index contributed by atoms with van der Waals surface area (Å²) in [5, 5.41) is 22.5. The predicted molar refractivity (Wildman–Crippen MR) is 89.7 cm³/mol. The number of amides is 1. The number of aromatic nitrogens is 2. The van der Waals surface area contributed by atoms with E-state index in [1.807, 2.05) is 17.5 Å². The maximum absolute atomic E-state index is 12.1. The zero-order valence-corrected chi connectivity index (χ0v) is 13.1. The van der Waals surface area contributed by atoms with E-state index in [1.54, 1.807) is 48.6 Å². The molecule has 0 saturated heterocycles. The molecule has 2 aromatic heterocycles. The Morgan fingerprint density at radius 1 is 1.30 bits per heavy atom. The van der Waals surface area contributed by atoms with E-state index in [-0.39, 0.29) is 11.4 Å². The number of aromatic hydroxyl groups is 1. The number of phenolic OH excluding ortho intramolecular Hbond substituents is 1. The van der Waals surface area contributed by atoms with Gasteiger partial charge >= 0.3 is 0 Å². The molecule has 0 saturated carbocycles. The SMILES string of the molecule is C/C(=N\NC(=O)c1cc(-c2cccs2)[nH]n1)c1ccccc1O. The second-order valence-electron chi connectivity index (χ2n) is 4.80. The standard InChI is InChI=1S/C16H14N4O2S/c1-10(11-5-2-3-6-14(11)21)17-20-16(22)13-9-12(18-19-13)15-7-4-8-23-15/h2-9,21H,1H3,(H,18,19)(H,20,22)/b17-10+. The van der Waals surface area contributed by atoms with Gasteiger partial charge in [-0.25, -0.2) is 5.43 Å². The molecule has 3 rings (SSSR count). The predicted octanol–water partition coefficient (Wildman–Crippen LogP) is 3.00. The second kappa shape index (κ2) is 6.45. The summed E-state index contributed by atoms with van der Waals surface area (Å²) in [5.41, 5.74) is 4.55. The van der Waals surface area contributed by atoms with Crippen LogP contribution >= 0.6 is 11.3 Å². The number of thiophene rings is 1. The Morgan fingerprint density at radius 3 is 2.87 bits per heavy atom. The van der Waals surface area contributed by atoms with Gasteiger partial charge < -0.3 is 5.11 Å². The van der Waals surface area contributed by atoms with Crippen molar-refractivity contribution in [3.05, 3.63) is 59.1 Å². The van der Waals surface area contributed by atoms with Crippen LogP contribution in [0.5, 0.6) is 5.75 Å². The fourth-order valence-electron chi connectivity index (χ4n) is 2.03. The van der Waals surface area contributed by atoms with E-state index in [1.165, 1.54) is 0 Å². The number of hydrogen-bond acceptors (Lipinski definition) is 5. The van der Waals surface area contributed by atoms with Crippen LogP contribution in [0.25, 0.3) is 10.6 Å². The maximum Gasteiger partial charge on any atom is 0.291 e. The minimum atomic E-state index is -0.418. The number of nitrogens with zero attached hydrogens (tertiary/aromatic N) is 2. The van der Waals surface area contributed by atoms with Crippen LogP contribution < -0.4 is 5.43 Å². The first kappa shape index (κ1) is 15.0. The van der Waals surface area contributed by atoms with Crippen molar-refractivity contribution >= 4 is 23.0 Å². The molecule has 23 heavy (non-hydrogen) atoms. The van der Waals surface area contributed by atoms with Gasteiger partial charge in [0.05, 0.1) is 16.3 Å². The zero-order chi connectivity index (χ0) is 16.2. The molecule has 0 bridgehead atoms. The normalized spacial score (nSPS) is 11.4. The Bertz CT molecular complexity index is 853. The average Bonchev–Trinajstić information content (AvgIpc) is 3.23. The maximum atomic E-state index is 12.1.